The minimum Gasteiger partial charge on any atom is -0.490 e. The minimum atomic E-state index is -1.01. The van der Waals surface area contributed by atoms with Gasteiger partial charge < -0.3 is 23.8 Å². The minimum absolute atomic E-state index is 0.0330. The van der Waals surface area contributed by atoms with Gasteiger partial charge in [-0.25, -0.2) is 18.6 Å². The summed E-state index contributed by atoms with van der Waals surface area (Å²) < 4.78 is 56.0. The molecular weight excluding hydrogens is 652 g/mol. The molecule has 0 unspecified atom stereocenters. The van der Waals surface area contributed by atoms with Gasteiger partial charge in [0.1, 0.15) is 17.2 Å². The lowest BCUT2D eigenvalue weighted by atomic mass is 9.92. The summed E-state index contributed by atoms with van der Waals surface area (Å²) in [5, 5.41) is 0. The highest BCUT2D eigenvalue weighted by atomic mass is 19.2. The highest BCUT2D eigenvalue weighted by molar-refractivity contribution is 5.82. The van der Waals surface area contributed by atoms with E-state index in [2.05, 4.69) is 25.0 Å². The van der Waals surface area contributed by atoms with E-state index in [1.807, 2.05) is 57.3 Å². The molecule has 8 nitrogen and oxygen atoms in total. The Bertz CT molecular complexity index is 1910. The zero-order valence-corrected chi connectivity index (χ0v) is 30.7. The maximum atomic E-state index is 15.5. The summed E-state index contributed by atoms with van der Waals surface area (Å²) in [6, 6.07) is 11.6. The van der Waals surface area contributed by atoms with Crippen LogP contribution < -0.4 is 9.64 Å². The molecule has 4 aromatic rings. The van der Waals surface area contributed by atoms with Crippen molar-refractivity contribution in [1.29, 1.82) is 0 Å². The van der Waals surface area contributed by atoms with Crippen LogP contribution in [0.15, 0.2) is 74.0 Å². The summed E-state index contributed by atoms with van der Waals surface area (Å²) in [5.41, 5.74) is 2.95. The van der Waals surface area contributed by atoms with Gasteiger partial charge in [-0.05, 0) is 89.8 Å². The van der Waals surface area contributed by atoms with Gasteiger partial charge in [0.05, 0.1) is 42.3 Å². The molecule has 1 saturated heterocycles. The number of aryl methyl sites for hydroxylation is 1. The average Bonchev–Trinajstić information content (AvgIpc) is 3.51. The predicted molar refractivity (Wildman–Crippen MR) is 197 cm³/mol. The normalized spacial score (nSPS) is 15.7. The summed E-state index contributed by atoms with van der Waals surface area (Å²) in [6.07, 6.45) is 6.12. The van der Waals surface area contributed by atoms with E-state index >= 15 is 4.39 Å². The zero-order chi connectivity index (χ0) is 37.1. The summed E-state index contributed by atoms with van der Waals surface area (Å²) in [4.78, 5) is 20.7. The molecule has 0 N–H and O–H groups in total. The molecule has 2 aromatic carbocycles. The Morgan fingerprint density at radius 2 is 1.78 bits per heavy atom. The fourth-order valence-corrected chi connectivity index (χ4v) is 6.54. The van der Waals surface area contributed by atoms with Gasteiger partial charge in [0.25, 0.3) is 0 Å². The third-order valence-corrected chi connectivity index (χ3v) is 9.12. The van der Waals surface area contributed by atoms with Crippen molar-refractivity contribution < 1.29 is 32.5 Å². The molecule has 5 rings (SSSR count). The number of piperidine rings is 1. The number of rotatable bonds is 13. The van der Waals surface area contributed by atoms with Crippen LogP contribution in [-0.2, 0) is 19.0 Å². The zero-order valence-electron chi connectivity index (χ0n) is 30.7. The second kappa shape index (κ2) is 15.4. The number of ether oxygens (including phenoxy) is 4. The van der Waals surface area contributed by atoms with Crippen LogP contribution in [-0.4, -0.2) is 59.5 Å². The second-order valence-electron chi connectivity index (χ2n) is 14.4. The van der Waals surface area contributed by atoms with Crippen LogP contribution in [0.3, 0.4) is 0 Å². The Labute approximate surface area is 299 Å². The molecule has 10 heteroatoms. The van der Waals surface area contributed by atoms with E-state index in [9.17, 15) is 9.18 Å². The SMILES string of the molecule is C=CCOC1(C)CCN(c2c([C@H](OC(C)(C)C)C(=O)OC)c(C)cc3nc(-c4cccc(-c5c(O[C@@H](C)CC=C)ccc(F)c5F)c4)cn23)CC1. The monoisotopic (exact) mass is 701 g/mol. The van der Waals surface area contributed by atoms with Crippen molar-refractivity contribution in [1.82, 2.24) is 9.38 Å². The number of hydrogen-bond donors (Lipinski definition) is 0. The van der Waals surface area contributed by atoms with Gasteiger partial charge in [0.2, 0.25) is 0 Å². The molecule has 51 heavy (non-hydrogen) atoms. The summed E-state index contributed by atoms with van der Waals surface area (Å²) in [6.45, 7) is 20.9. The molecule has 1 fully saturated rings. The van der Waals surface area contributed by atoms with Crippen molar-refractivity contribution in [3.05, 3.63) is 96.7 Å². The molecule has 2 atom stereocenters. The standard InChI is InChI=1S/C41H49F2N3O5/c1-10-13-27(4)50-32-17-16-30(42)36(43)35(32)29-15-12-14-28(24-29)31-25-46-33(44-31)23-26(3)34(37(39(47)48-9)51-40(5,6)7)38(46)45-20-18-41(8,19-21-45)49-22-11-2/h10-12,14-17,23-25,27,37H,1-2,13,18-22H2,3-9H3/t27-,37-/m0/s1. The molecule has 0 saturated carbocycles. The van der Waals surface area contributed by atoms with Crippen LogP contribution in [0.5, 0.6) is 5.75 Å². The molecule has 1 aliphatic rings. The Hall–Kier alpha value is -4.54. The summed E-state index contributed by atoms with van der Waals surface area (Å²) >= 11 is 0. The number of carbonyl (C=O) groups excluding carboxylic acids is 1. The summed E-state index contributed by atoms with van der Waals surface area (Å²) in [7, 11) is 1.36. The Kier molecular flexibility index (Phi) is 11.4. The van der Waals surface area contributed by atoms with Crippen LogP contribution in [0.4, 0.5) is 14.6 Å². The van der Waals surface area contributed by atoms with Gasteiger partial charge in [0.15, 0.2) is 17.7 Å². The molecule has 0 amide bonds. The topological polar surface area (TPSA) is 74.5 Å². The molecule has 272 valence electrons. The molecule has 0 bridgehead atoms. The molecule has 1 aliphatic heterocycles. The van der Waals surface area contributed by atoms with Crippen molar-refractivity contribution in [2.24, 2.45) is 0 Å². The second-order valence-corrected chi connectivity index (χ2v) is 14.4. The largest absolute Gasteiger partial charge is 0.490 e. The molecule has 0 radical (unpaired) electrons. The number of nitrogens with zero attached hydrogens (tertiary/aromatic N) is 3. The molecular formula is C41H49F2N3O5. The molecule has 0 aliphatic carbocycles. The number of carbonyl (C=O) groups is 1. The first kappa shape index (κ1) is 37.7. The number of pyridine rings is 1. The quantitative estimate of drug-likeness (QED) is 0.102. The number of benzene rings is 2. The number of fused-ring (bicyclic) bond motifs is 1. The van der Waals surface area contributed by atoms with Crippen LogP contribution in [0.2, 0.25) is 0 Å². The maximum absolute atomic E-state index is 15.5. The van der Waals surface area contributed by atoms with E-state index in [1.165, 1.54) is 13.2 Å². The van der Waals surface area contributed by atoms with E-state index < -0.39 is 29.3 Å². The van der Waals surface area contributed by atoms with Gasteiger partial charge >= 0.3 is 5.97 Å². The van der Waals surface area contributed by atoms with Crippen molar-refractivity contribution in [3.8, 4) is 28.1 Å². The Morgan fingerprint density at radius 3 is 2.43 bits per heavy atom. The third kappa shape index (κ3) is 8.34. The fourth-order valence-electron chi connectivity index (χ4n) is 6.54. The Morgan fingerprint density at radius 1 is 1.08 bits per heavy atom. The van der Waals surface area contributed by atoms with Crippen LogP contribution in [0.25, 0.3) is 28.0 Å². The van der Waals surface area contributed by atoms with E-state index in [1.54, 1.807) is 30.4 Å². The molecule has 3 heterocycles. The highest BCUT2D eigenvalue weighted by Gasteiger charge is 2.37. The first-order valence-electron chi connectivity index (χ1n) is 17.3. The van der Waals surface area contributed by atoms with Crippen LogP contribution >= 0.6 is 0 Å². The first-order valence-corrected chi connectivity index (χ1v) is 17.3. The maximum Gasteiger partial charge on any atom is 0.339 e. The predicted octanol–water partition coefficient (Wildman–Crippen LogP) is 9.19. The third-order valence-electron chi connectivity index (χ3n) is 9.12. The van der Waals surface area contributed by atoms with E-state index in [-0.39, 0.29) is 23.0 Å². The van der Waals surface area contributed by atoms with Gasteiger partial charge in [-0.2, -0.15) is 0 Å². The van der Waals surface area contributed by atoms with Crippen LogP contribution in [0, 0.1) is 18.6 Å². The van der Waals surface area contributed by atoms with Gasteiger partial charge in [-0.15, -0.1) is 13.2 Å². The average molecular weight is 702 g/mol. The smallest absolute Gasteiger partial charge is 0.339 e. The summed E-state index contributed by atoms with van der Waals surface area (Å²) in [5.74, 6) is -1.46. The van der Waals surface area contributed by atoms with E-state index in [4.69, 9.17) is 23.9 Å². The van der Waals surface area contributed by atoms with Crippen molar-refractivity contribution in [2.45, 2.75) is 84.2 Å². The highest BCUT2D eigenvalue weighted by Crippen LogP contribution is 2.41. The van der Waals surface area contributed by atoms with E-state index in [0.29, 0.717) is 54.1 Å². The van der Waals surface area contributed by atoms with Crippen molar-refractivity contribution in [2.75, 3.05) is 31.7 Å². The van der Waals surface area contributed by atoms with Crippen molar-refractivity contribution in [3.63, 3.8) is 0 Å². The number of methoxy groups -OCH3 is 1. The van der Waals surface area contributed by atoms with Gasteiger partial charge in [-0.1, -0.05) is 30.4 Å². The lowest BCUT2D eigenvalue weighted by Crippen LogP contribution is -2.45. The van der Waals surface area contributed by atoms with E-state index in [0.717, 1.165) is 30.3 Å². The van der Waals surface area contributed by atoms with Crippen molar-refractivity contribution >= 4 is 17.4 Å². The number of anilines is 1. The Balaban J connectivity index is 1.66. The number of aromatic nitrogens is 2. The van der Waals surface area contributed by atoms with Gasteiger partial charge in [0, 0.05) is 36.8 Å². The number of halogens is 2. The molecule has 2 aromatic heterocycles. The van der Waals surface area contributed by atoms with Crippen LogP contribution in [0.1, 0.15) is 71.1 Å². The molecule has 0 spiro atoms. The fraction of sp³-hybridized carbons (Fsp3) is 0.415. The lowest BCUT2D eigenvalue weighted by molar-refractivity contribution is -0.164. The number of esters is 1. The lowest BCUT2D eigenvalue weighted by Gasteiger charge is -2.41. The first-order chi connectivity index (χ1) is 24.2. The van der Waals surface area contributed by atoms with Gasteiger partial charge in [-0.3, -0.25) is 4.40 Å². The number of imidazole rings is 1. The number of hydrogen-bond acceptors (Lipinski definition) is 7.